The van der Waals surface area contributed by atoms with E-state index in [1.165, 1.54) is 0 Å². The van der Waals surface area contributed by atoms with Crippen LogP contribution in [0.15, 0.2) is 24.3 Å². The van der Waals surface area contributed by atoms with Crippen molar-refractivity contribution in [3.63, 3.8) is 0 Å². The first-order chi connectivity index (χ1) is 11.5. The molecular formula is C19H26N2O3. The molecule has 5 nitrogen and oxygen atoms in total. The summed E-state index contributed by atoms with van der Waals surface area (Å²) in [5, 5.41) is 3.13. The summed E-state index contributed by atoms with van der Waals surface area (Å²) >= 11 is 0. The van der Waals surface area contributed by atoms with Crippen LogP contribution in [-0.4, -0.2) is 36.4 Å². The standard InChI is InChI=1S/C19H26N2O3/c1-13(2)21(3)18(23)19(10-11-19)17(22)20-15-8-6-12-24-16-9-5-4-7-14(15)16/h4-5,7,9,13,15H,6,8,10-12H2,1-3H3,(H,20,22)/t15-/m1/s1. The van der Waals surface area contributed by atoms with Crippen molar-refractivity contribution in [2.24, 2.45) is 5.41 Å². The average Bonchev–Trinajstić information content (AvgIpc) is 3.39. The van der Waals surface area contributed by atoms with Gasteiger partial charge in [0.15, 0.2) is 0 Å². The van der Waals surface area contributed by atoms with Crippen molar-refractivity contribution in [3.05, 3.63) is 29.8 Å². The Kier molecular flexibility index (Phi) is 4.52. The van der Waals surface area contributed by atoms with Gasteiger partial charge in [-0.05, 0) is 45.6 Å². The highest BCUT2D eigenvalue weighted by Gasteiger charge is 2.58. The number of para-hydroxylation sites is 1. The van der Waals surface area contributed by atoms with Gasteiger partial charge < -0.3 is 15.0 Å². The fourth-order valence-electron chi connectivity index (χ4n) is 3.21. The lowest BCUT2D eigenvalue weighted by atomic mass is 9.98. The van der Waals surface area contributed by atoms with Gasteiger partial charge in [-0.1, -0.05) is 18.2 Å². The summed E-state index contributed by atoms with van der Waals surface area (Å²) in [5.41, 5.74) is 0.144. The largest absolute Gasteiger partial charge is 0.493 e. The summed E-state index contributed by atoms with van der Waals surface area (Å²) in [4.78, 5) is 27.3. The molecule has 130 valence electrons. The van der Waals surface area contributed by atoms with Crippen LogP contribution in [0.1, 0.15) is 51.1 Å². The molecule has 1 aromatic rings. The van der Waals surface area contributed by atoms with Gasteiger partial charge in [-0.15, -0.1) is 0 Å². The quantitative estimate of drug-likeness (QED) is 0.864. The molecule has 1 heterocycles. The zero-order valence-electron chi connectivity index (χ0n) is 14.7. The van der Waals surface area contributed by atoms with Crippen molar-refractivity contribution in [2.75, 3.05) is 13.7 Å². The van der Waals surface area contributed by atoms with Gasteiger partial charge in [-0.2, -0.15) is 0 Å². The number of ether oxygens (including phenoxy) is 1. The van der Waals surface area contributed by atoms with Crippen LogP contribution in [0.25, 0.3) is 0 Å². The number of carbonyl (C=O) groups is 2. The third-order valence-electron chi connectivity index (χ3n) is 5.18. The first-order valence-corrected chi connectivity index (χ1v) is 8.75. The molecule has 5 heteroatoms. The summed E-state index contributed by atoms with van der Waals surface area (Å²) in [6.45, 7) is 4.58. The molecule has 1 aliphatic heterocycles. The molecule has 0 aromatic heterocycles. The van der Waals surface area contributed by atoms with Crippen molar-refractivity contribution in [1.29, 1.82) is 0 Å². The number of fused-ring (bicyclic) bond motifs is 1. The van der Waals surface area contributed by atoms with E-state index in [-0.39, 0.29) is 23.9 Å². The van der Waals surface area contributed by atoms with Gasteiger partial charge in [0, 0.05) is 18.7 Å². The molecule has 1 atom stereocenters. The summed E-state index contributed by atoms with van der Waals surface area (Å²) in [5.74, 6) is 0.630. The fraction of sp³-hybridized carbons (Fsp3) is 0.579. The molecule has 1 N–H and O–H groups in total. The maximum absolute atomic E-state index is 12.9. The smallest absolute Gasteiger partial charge is 0.238 e. The van der Waals surface area contributed by atoms with Crippen LogP contribution in [-0.2, 0) is 9.59 Å². The Balaban J connectivity index is 1.77. The molecule has 0 spiro atoms. The highest BCUT2D eigenvalue weighted by atomic mass is 16.5. The number of amides is 2. The minimum atomic E-state index is -0.860. The van der Waals surface area contributed by atoms with E-state index in [0.29, 0.717) is 19.4 Å². The molecule has 0 radical (unpaired) electrons. The number of rotatable bonds is 4. The molecule has 1 fully saturated rings. The lowest BCUT2D eigenvalue weighted by Crippen LogP contribution is -2.46. The molecule has 24 heavy (non-hydrogen) atoms. The molecule has 2 aliphatic rings. The zero-order valence-corrected chi connectivity index (χ0v) is 14.7. The number of hydrogen-bond donors (Lipinski definition) is 1. The molecule has 0 bridgehead atoms. The van der Waals surface area contributed by atoms with Gasteiger partial charge in [0.1, 0.15) is 11.2 Å². The summed E-state index contributed by atoms with van der Waals surface area (Å²) in [6, 6.07) is 7.82. The first-order valence-electron chi connectivity index (χ1n) is 8.75. The van der Waals surface area contributed by atoms with Crippen LogP contribution in [0, 0.1) is 5.41 Å². The Morgan fingerprint density at radius 3 is 2.67 bits per heavy atom. The predicted molar refractivity (Wildman–Crippen MR) is 91.6 cm³/mol. The second kappa shape index (κ2) is 6.46. The normalized spacial score (nSPS) is 21.2. The third-order valence-corrected chi connectivity index (χ3v) is 5.18. The average molecular weight is 330 g/mol. The van der Waals surface area contributed by atoms with Crippen molar-refractivity contribution < 1.29 is 14.3 Å². The number of carbonyl (C=O) groups excluding carboxylic acids is 2. The van der Waals surface area contributed by atoms with Crippen LogP contribution >= 0.6 is 0 Å². The first kappa shape index (κ1) is 16.8. The second-order valence-corrected chi connectivity index (χ2v) is 7.15. The maximum atomic E-state index is 12.9. The molecule has 1 aromatic carbocycles. The fourth-order valence-corrected chi connectivity index (χ4v) is 3.21. The van der Waals surface area contributed by atoms with Gasteiger partial charge in [0.25, 0.3) is 0 Å². The topological polar surface area (TPSA) is 58.6 Å². The minimum Gasteiger partial charge on any atom is -0.493 e. The van der Waals surface area contributed by atoms with Crippen molar-refractivity contribution >= 4 is 11.8 Å². The number of nitrogens with zero attached hydrogens (tertiary/aromatic N) is 1. The van der Waals surface area contributed by atoms with Gasteiger partial charge in [-0.25, -0.2) is 0 Å². The second-order valence-electron chi connectivity index (χ2n) is 7.15. The predicted octanol–water partition coefficient (Wildman–Crippen LogP) is 2.66. The minimum absolute atomic E-state index is 0.0619. The van der Waals surface area contributed by atoms with E-state index in [2.05, 4.69) is 5.32 Å². The van der Waals surface area contributed by atoms with Gasteiger partial charge in [-0.3, -0.25) is 9.59 Å². The maximum Gasteiger partial charge on any atom is 0.238 e. The highest BCUT2D eigenvalue weighted by Crippen LogP contribution is 2.48. The Morgan fingerprint density at radius 1 is 1.29 bits per heavy atom. The Labute approximate surface area is 143 Å². The van der Waals surface area contributed by atoms with E-state index >= 15 is 0 Å². The number of benzene rings is 1. The van der Waals surface area contributed by atoms with Crippen molar-refractivity contribution in [2.45, 2.75) is 51.6 Å². The molecule has 1 aliphatic carbocycles. The lowest BCUT2D eigenvalue weighted by Gasteiger charge is -2.28. The van der Waals surface area contributed by atoms with Gasteiger partial charge >= 0.3 is 0 Å². The monoisotopic (exact) mass is 330 g/mol. The molecule has 2 amide bonds. The van der Waals surface area contributed by atoms with E-state index in [4.69, 9.17) is 4.74 Å². The number of hydrogen-bond acceptors (Lipinski definition) is 3. The highest BCUT2D eigenvalue weighted by molar-refractivity contribution is 6.08. The zero-order chi connectivity index (χ0) is 17.3. The van der Waals surface area contributed by atoms with E-state index in [1.807, 2.05) is 38.1 Å². The van der Waals surface area contributed by atoms with Crippen LogP contribution in [0.4, 0.5) is 0 Å². The molecular weight excluding hydrogens is 304 g/mol. The third kappa shape index (κ3) is 2.99. The molecule has 1 saturated carbocycles. The van der Waals surface area contributed by atoms with Gasteiger partial charge in [0.2, 0.25) is 11.8 Å². The Hall–Kier alpha value is -2.04. The van der Waals surface area contributed by atoms with Crippen LogP contribution in [0.2, 0.25) is 0 Å². The van der Waals surface area contributed by atoms with E-state index in [0.717, 1.165) is 24.2 Å². The van der Waals surface area contributed by atoms with Crippen LogP contribution in [0.3, 0.4) is 0 Å². The van der Waals surface area contributed by atoms with E-state index in [1.54, 1.807) is 11.9 Å². The Bertz CT molecular complexity index is 637. The lowest BCUT2D eigenvalue weighted by molar-refractivity contribution is -0.144. The van der Waals surface area contributed by atoms with Crippen molar-refractivity contribution in [1.82, 2.24) is 10.2 Å². The van der Waals surface area contributed by atoms with E-state index in [9.17, 15) is 9.59 Å². The summed E-state index contributed by atoms with van der Waals surface area (Å²) < 4.78 is 5.75. The summed E-state index contributed by atoms with van der Waals surface area (Å²) in [6.07, 6.45) is 2.98. The summed E-state index contributed by atoms with van der Waals surface area (Å²) in [7, 11) is 1.77. The molecule has 3 rings (SSSR count). The Morgan fingerprint density at radius 2 is 2.00 bits per heavy atom. The SMILES string of the molecule is CC(C)N(C)C(=O)C1(C(=O)N[C@@H]2CCCOc3ccccc32)CC1. The van der Waals surface area contributed by atoms with E-state index < -0.39 is 5.41 Å². The number of nitrogens with one attached hydrogen (secondary N) is 1. The van der Waals surface area contributed by atoms with Crippen LogP contribution < -0.4 is 10.1 Å². The molecule has 0 saturated heterocycles. The molecule has 0 unspecified atom stereocenters. The van der Waals surface area contributed by atoms with Crippen LogP contribution in [0.5, 0.6) is 5.75 Å². The van der Waals surface area contributed by atoms with Crippen molar-refractivity contribution in [3.8, 4) is 5.75 Å². The van der Waals surface area contributed by atoms with Gasteiger partial charge in [0.05, 0.1) is 12.6 Å².